The van der Waals surface area contributed by atoms with Gasteiger partial charge in [0, 0.05) is 19.1 Å². The molecule has 0 bridgehead atoms. The first-order valence-corrected chi connectivity index (χ1v) is 8.69. The van der Waals surface area contributed by atoms with Gasteiger partial charge in [0.15, 0.2) is 0 Å². The third-order valence-electron chi connectivity index (χ3n) is 5.15. The van der Waals surface area contributed by atoms with Crippen LogP contribution >= 0.6 is 0 Å². The number of nitrogens with two attached hydrogens (primary N) is 1. The molecule has 2 atom stereocenters. The summed E-state index contributed by atoms with van der Waals surface area (Å²) in [6.45, 7) is 3.21. The summed E-state index contributed by atoms with van der Waals surface area (Å²) >= 11 is 0. The second kappa shape index (κ2) is 7.17. The van der Waals surface area contributed by atoms with E-state index in [9.17, 15) is 0 Å². The molecule has 0 radical (unpaired) electrons. The number of para-hydroxylation sites is 2. The molecule has 3 N–H and O–H groups in total. The molecule has 0 spiro atoms. The Labute approximate surface area is 128 Å². The second-order valence-electron chi connectivity index (χ2n) is 6.60. The van der Waals surface area contributed by atoms with Crippen LogP contribution in [0.25, 0.3) is 0 Å². The van der Waals surface area contributed by atoms with Crippen molar-refractivity contribution in [2.24, 2.45) is 11.7 Å². The van der Waals surface area contributed by atoms with Crippen molar-refractivity contribution in [1.29, 1.82) is 0 Å². The van der Waals surface area contributed by atoms with E-state index in [-0.39, 0.29) is 0 Å². The first kappa shape index (κ1) is 14.7. The van der Waals surface area contributed by atoms with Gasteiger partial charge in [0.05, 0.1) is 11.4 Å². The van der Waals surface area contributed by atoms with Gasteiger partial charge in [0.2, 0.25) is 0 Å². The third-order valence-corrected chi connectivity index (χ3v) is 5.15. The number of hydrogen-bond donors (Lipinski definition) is 2. The zero-order valence-corrected chi connectivity index (χ0v) is 13.1. The number of hydrogen-bond acceptors (Lipinski definition) is 3. The van der Waals surface area contributed by atoms with Crippen LogP contribution in [0.3, 0.4) is 0 Å². The lowest BCUT2D eigenvalue weighted by atomic mass is 9.84. The van der Waals surface area contributed by atoms with E-state index in [0.717, 1.165) is 6.54 Å². The summed E-state index contributed by atoms with van der Waals surface area (Å²) in [5.74, 6) is 0.633. The van der Waals surface area contributed by atoms with Gasteiger partial charge in [0.25, 0.3) is 0 Å². The van der Waals surface area contributed by atoms with Gasteiger partial charge in [0.1, 0.15) is 0 Å². The van der Waals surface area contributed by atoms with Crippen molar-refractivity contribution >= 4 is 11.4 Å². The molecule has 1 saturated carbocycles. The van der Waals surface area contributed by atoms with Crippen LogP contribution in [0.4, 0.5) is 11.4 Å². The van der Waals surface area contributed by atoms with Crippen LogP contribution in [0.2, 0.25) is 0 Å². The molecule has 3 heteroatoms. The van der Waals surface area contributed by atoms with Gasteiger partial charge < -0.3 is 16.0 Å². The molecule has 1 aromatic rings. The smallest absolute Gasteiger partial charge is 0.0602 e. The molecular weight excluding hydrogens is 258 g/mol. The highest BCUT2D eigenvalue weighted by atomic mass is 15.2. The molecule has 0 amide bonds. The van der Waals surface area contributed by atoms with Gasteiger partial charge in [-0.05, 0) is 56.7 Å². The molecule has 3 nitrogen and oxygen atoms in total. The summed E-state index contributed by atoms with van der Waals surface area (Å²) in [4.78, 5) is 2.55. The van der Waals surface area contributed by atoms with Crippen molar-refractivity contribution in [3.63, 3.8) is 0 Å². The maximum Gasteiger partial charge on any atom is 0.0602 e. The topological polar surface area (TPSA) is 41.3 Å². The number of anilines is 2. The Morgan fingerprint density at radius 2 is 1.76 bits per heavy atom. The summed E-state index contributed by atoms with van der Waals surface area (Å²) in [6, 6.07) is 9.38. The van der Waals surface area contributed by atoms with E-state index in [0.29, 0.717) is 12.0 Å². The zero-order chi connectivity index (χ0) is 14.5. The highest BCUT2D eigenvalue weighted by Crippen LogP contribution is 2.32. The summed E-state index contributed by atoms with van der Waals surface area (Å²) in [6.07, 6.45) is 9.24. The van der Waals surface area contributed by atoms with Crippen molar-refractivity contribution in [3.8, 4) is 0 Å². The van der Waals surface area contributed by atoms with Crippen LogP contribution in [0, 0.1) is 5.92 Å². The Hall–Kier alpha value is -1.22. The van der Waals surface area contributed by atoms with E-state index in [2.05, 4.69) is 34.5 Å². The van der Waals surface area contributed by atoms with E-state index < -0.39 is 0 Å². The number of benzene rings is 1. The van der Waals surface area contributed by atoms with Crippen LogP contribution in [0.15, 0.2) is 24.3 Å². The first-order valence-electron chi connectivity index (χ1n) is 8.69. The Balaban J connectivity index is 1.75. The Kier molecular flexibility index (Phi) is 5.02. The van der Waals surface area contributed by atoms with Crippen LogP contribution in [-0.4, -0.2) is 25.7 Å². The Bertz CT molecular complexity index is 440. The number of nitrogens with one attached hydrogen (secondary N) is 1. The zero-order valence-electron chi connectivity index (χ0n) is 13.1. The lowest BCUT2D eigenvalue weighted by molar-refractivity contribution is 0.332. The van der Waals surface area contributed by atoms with Gasteiger partial charge in [-0.2, -0.15) is 0 Å². The SMILES string of the molecule is NCC1CCCCC1Nc1ccccc1N1CCCCC1. The molecule has 2 fully saturated rings. The average molecular weight is 287 g/mol. The molecule has 2 aliphatic rings. The largest absolute Gasteiger partial charge is 0.380 e. The summed E-state index contributed by atoms with van der Waals surface area (Å²) < 4.78 is 0. The van der Waals surface area contributed by atoms with Crippen molar-refractivity contribution in [2.75, 3.05) is 29.9 Å². The Morgan fingerprint density at radius 1 is 1.00 bits per heavy atom. The van der Waals surface area contributed by atoms with Crippen molar-refractivity contribution < 1.29 is 0 Å². The summed E-state index contributed by atoms with van der Waals surface area (Å²) in [7, 11) is 0. The van der Waals surface area contributed by atoms with Crippen LogP contribution in [0.5, 0.6) is 0 Å². The second-order valence-corrected chi connectivity index (χ2v) is 6.60. The maximum absolute atomic E-state index is 5.98. The van der Waals surface area contributed by atoms with Gasteiger partial charge in [-0.1, -0.05) is 25.0 Å². The minimum absolute atomic E-state index is 0.551. The molecule has 1 aliphatic heterocycles. The van der Waals surface area contributed by atoms with E-state index in [1.165, 1.54) is 69.4 Å². The molecule has 3 rings (SSSR count). The number of piperidine rings is 1. The molecule has 0 aromatic heterocycles. The lowest BCUT2D eigenvalue weighted by Crippen LogP contribution is -2.37. The predicted molar refractivity (Wildman–Crippen MR) is 90.9 cm³/mol. The normalized spacial score (nSPS) is 26.6. The van der Waals surface area contributed by atoms with E-state index in [4.69, 9.17) is 5.73 Å². The van der Waals surface area contributed by atoms with Crippen LogP contribution in [0.1, 0.15) is 44.9 Å². The van der Waals surface area contributed by atoms with E-state index >= 15 is 0 Å². The molecule has 1 saturated heterocycles. The molecule has 21 heavy (non-hydrogen) atoms. The predicted octanol–water partition coefficient (Wildman–Crippen LogP) is 3.61. The fourth-order valence-electron chi connectivity index (χ4n) is 3.89. The van der Waals surface area contributed by atoms with E-state index in [1.54, 1.807) is 0 Å². The van der Waals surface area contributed by atoms with Gasteiger partial charge >= 0.3 is 0 Å². The molecular formula is C18H29N3. The molecule has 116 valence electrons. The molecule has 1 aliphatic carbocycles. The van der Waals surface area contributed by atoms with E-state index in [1.807, 2.05) is 0 Å². The van der Waals surface area contributed by atoms with Crippen molar-refractivity contribution in [3.05, 3.63) is 24.3 Å². The molecule has 1 heterocycles. The molecule has 2 unspecified atom stereocenters. The van der Waals surface area contributed by atoms with Crippen molar-refractivity contribution in [1.82, 2.24) is 0 Å². The highest BCUT2D eigenvalue weighted by molar-refractivity contribution is 5.70. The average Bonchev–Trinajstić information content (AvgIpc) is 2.57. The standard InChI is InChI=1S/C18H29N3/c19-14-15-8-2-3-9-16(15)20-17-10-4-5-11-18(17)21-12-6-1-7-13-21/h4-5,10-11,15-16,20H,1-3,6-9,12-14,19H2. The number of nitrogens with zero attached hydrogens (tertiary/aromatic N) is 1. The number of rotatable bonds is 4. The first-order chi connectivity index (χ1) is 10.4. The Morgan fingerprint density at radius 3 is 2.57 bits per heavy atom. The monoisotopic (exact) mass is 287 g/mol. The van der Waals surface area contributed by atoms with Gasteiger partial charge in [-0.15, -0.1) is 0 Å². The maximum atomic E-state index is 5.98. The quantitative estimate of drug-likeness (QED) is 0.889. The fourth-order valence-corrected chi connectivity index (χ4v) is 3.89. The van der Waals surface area contributed by atoms with Crippen LogP contribution < -0.4 is 16.0 Å². The summed E-state index contributed by atoms with van der Waals surface area (Å²) in [5.41, 5.74) is 8.68. The molecule has 1 aromatic carbocycles. The third kappa shape index (κ3) is 3.52. The minimum atomic E-state index is 0.551. The van der Waals surface area contributed by atoms with Crippen LogP contribution in [-0.2, 0) is 0 Å². The van der Waals surface area contributed by atoms with Gasteiger partial charge in [-0.25, -0.2) is 0 Å². The summed E-state index contributed by atoms with van der Waals surface area (Å²) in [5, 5.41) is 3.83. The highest BCUT2D eigenvalue weighted by Gasteiger charge is 2.25. The minimum Gasteiger partial charge on any atom is -0.380 e. The van der Waals surface area contributed by atoms with Gasteiger partial charge in [-0.3, -0.25) is 0 Å². The fraction of sp³-hybridized carbons (Fsp3) is 0.667. The van der Waals surface area contributed by atoms with Crippen molar-refractivity contribution in [2.45, 2.75) is 51.0 Å². The lowest BCUT2D eigenvalue weighted by Gasteiger charge is -2.35.